The second-order valence-electron chi connectivity index (χ2n) is 3.65. The van der Waals surface area contributed by atoms with Crippen molar-refractivity contribution in [1.29, 1.82) is 0 Å². The molecular formula is C13H11NS. The molecule has 1 aromatic rings. The minimum Gasteiger partial charge on any atom is -0.255 e. The quantitative estimate of drug-likeness (QED) is 0.632. The summed E-state index contributed by atoms with van der Waals surface area (Å²) in [4.78, 5) is 7.24. The average Bonchev–Trinajstić information content (AvgIpc) is 2.48. The Labute approximate surface area is 93.6 Å². The Balaban J connectivity index is 2.09. The molecule has 0 saturated heterocycles. The molecule has 0 amide bonds. The monoisotopic (exact) mass is 213 g/mol. The number of hydrogen-bond donors (Lipinski definition) is 0. The van der Waals surface area contributed by atoms with Gasteiger partial charge in [0, 0.05) is 16.7 Å². The Morgan fingerprint density at radius 3 is 3.13 bits per heavy atom. The SMILES string of the molecule is C1=CC2=C(CC1)Sc1ccccc1N=C2. The summed E-state index contributed by atoms with van der Waals surface area (Å²) in [5.74, 6) is 0. The Morgan fingerprint density at radius 2 is 2.13 bits per heavy atom. The van der Waals surface area contributed by atoms with Crippen molar-refractivity contribution in [3.8, 4) is 0 Å². The van der Waals surface area contributed by atoms with Crippen LogP contribution in [-0.4, -0.2) is 6.21 Å². The zero-order valence-corrected chi connectivity index (χ0v) is 9.13. The highest BCUT2D eigenvalue weighted by molar-refractivity contribution is 8.03. The van der Waals surface area contributed by atoms with Crippen molar-refractivity contribution in [3.05, 3.63) is 46.9 Å². The molecule has 1 heterocycles. The number of nitrogens with zero attached hydrogens (tertiary/aromatic N) is 1. The van der Waals surface area contributed by atoms with Gasteiger partial charge >= 0.3 is 0 Å². The lowest BCUT2D eigenvalue weighted by atomic mass is 10.1. The third-order valence-corrected chi connectivity index (χ3v) is 3.85. The molecular weight excluding hydrogens is 202 g/mol. The topological polar surface area (TPSA) is 12.4 Å². The van der Waals surface area contributed by atoms with Crippen molar-refractivity contribution in [2.45, 2.75) is 17.7 Å². The molecule has 0 unspecified atom stereocenters. The van der Waals surface area contributed by atoms with Gasteiger partial charge in [-0.05, 0) is 29.9 Å². The second kappa shape index (κ2) is 3.70. The van der Waals surface area contributed by atoms with E-state index in [2.05, 4.69) is 35.3 Å². The molecule has 74 valence electrons. The first-order valence-corrected chi connectivity index (χ1v) is 5.96. The molecule has 0 radical (unpaired) electrons. The van der Waals surface area contributed by atoms with Crippen LogP contribution in [0.4, 0.5) is 5.69 Å². The Kier molecular flexibility index (Phi) is 2.22. The van der Waals surface area contributed by atoms with Crippen molar-refractivity contribution in [1.82, 2.24) is 0 Å². The van der Waals surface area contributed by atoms with Crippen molar-refractivity contribution in [3.63, 3.8) is 0 Å². The van der Waals surface area contributed by atoms with Crippen LogP contribution in [0.3, 0.4) is 0 Å². The molecule has 1 aliphatic heterocycles. The van der Waals surface area contributed by atoms with Gasteiger partial charge in [0.2, 0.25) is 0 Å². The summed E-state index contributed by atoms with van der Waals surface area (Å²) in [6.45, 7) is 0. The van der Waals surface area contributed by atoms with Gasteiger partial charge in [0.05, 0.1) is 5.69 Å². The molecule has 0 N–H and O–H groups in total. The first-order valence-electron chi connectivity index (χ1n) is 5.14. The summed E-state index contributed by atoms with van der Waals surface area (Å²) in [6.07, 6.45) is 8.70. The summed E-state index contributed by atoms with van der Waals surface area (Å²) in [5, 5.41) is 0. The van der Waals surface area contributed by atoms with E-state index in [9.17, 15) is 0 Å². The predicted molar refractivity (Wildman–Crippen MR) is 65.9 cm³/mol. The highest BCUT2D eigenvalue weighted by Crippen LogP contribution is 2.41. The lowest BCUT2D eigenvalue weighted by molar-refractivity contribution is 1.01. The van der Waals surface area contributed by atoms with E-state index in [-0.39, 0.29) is 0 Å². The van der Waals surface area contributed by atoms with Gasteiger partial charge in [-0.15, -0.1) is 0 Å². The van der Waals surface area contributed by atoms with E-state index in [0.717, 1.165) is 18.5 Å². The second-order valence-corrected chi connectivity index (χ2v) is 4.78. The molecule has 0 spiro atoms. The van der Waals surface area contributed by atoms with E-state index in [1.54, 1.807) is 0 Å². The fourth-order valence-corrected chi connectivity index (χ4v) is 2.90. The number of fused-ring (bicyclic) bond motifs is 1. The summed E-state index contributed by atoms with van der Waals surface area (Å²) >= 11 is 1.87. The Hall–Kier alpha value is -1.28. The third kappa shape index (κ3) is 1.65. The first-order chi connectivity index (χ1) is 7.43. The smallest absolute Gasteiger partial charge is 0.0769 e. The number of hydrogen-bond acceptors (Lipinski definition) is 2. The largest absolute Gasteiger partial charge is 0.255 e. The molecule has 15 heavy (non-hydrogen) atoms. The maximum Gasteiger partial charge on any atom is 0.0769 e. The van der Waals surface area contributed by atoms with Crippen LogP contribution in [0.5, 0.6) is 0 Å². The number of thioether (sulfide) groups is 1. The summed E-state index contributed by atoms with van der Waals surface area (Å²) < 4.78 is 0. The fraction of sp³-hybridized carbons (Fsp3) is 0.154. The molecule has 1 nitrogen and oxygen atoms in total. The van der Waals surface area contributed by atoms with Crippen molar-refractivity contribution in [2.75, 3.05) is 0 Å². The molecule has 2 aliphatic rings. The average molecular weight is 213 g/mol. The van der Waals surface area contributed by atoms with Gasteiger partial charge in [-0.25, -0.2) is 0 Å². The maximum absolute atomic E-state index is 4.52. The zero-order chi connectivity index (χ0) is 10.1. The van der Waals surface area contributed by atoms with Gasteiger partial charge < -0.3 is 0 Å². The van der Waals surface area contributed by atoms with E-state index in [1.165, 1.54) is 15.4 Å². The van der Waals surface area contributed by atoms with Crippen LogP contribution in [0.15, 0.2) is 56.8 Å². The summed E-state index contributed by atoms with van der Waals surface area (Å²) in [7, 11) is 0. The fourth-order valence-electron chi connectivity index (χ4n) is 1.81. The van der Waals surface area contributed by atoms with Crippen LogP contribution < -0.4 is 0 Å². The van der Waals surface area contributed by atoms with E-state index in [1.807, 2.05) is 24.0 Å². The van der Waals surface area contributed by atoms with Gasteiger partial charge in [-0.3, -0.25) is 4.99 Å². The number of para-hydroxylation sites is 1. The molecule has 2 heteroatoms. The standard InChI is InChI=1S/C13H11NS/c1-3-7-12-10(5-1)9-14-11-6-2-4-8-13(11)15-12/h1-2,4-6,8-9H,3,7H2. The van der Waals surface area contributed by atoms with Crippen LogP contribution >= 0.6 is 11.8 Å². The molecule has 3 rings (SSSR count). The molecule has 0 atom stereocenters. The molecule has 1 aromatic carbocycles. The molecule has 0 aromatic heterocycles. The first kappa shape index (κ1) is 8.98. The number of aliphatic imine (C=N–C) groups is 1. The molecule has 0 saturated carbocycles. The van der Waals surface area contributed by atoms with Crippen LogP contribution in [0.1, 0.15) is 12.8 Å². The van der Waals surface area contributed by atoms with Crippen LogP contribution in [0.25, 0.3) is 0 Å². The van der Waals surface area contributed by atoms with Gasteiger partial charge in [-0.2, -0.15) is 0 Å². The third-order valence-electron chi connectivity index (χ3n) is 2.60. The van der Waals surface area contributed by atoms with E-state index < -0.39 is 0 Å². The van der Waals surface area contributed by atoms with Gasteiger partial charge in [-0.1, -0.05) is 36.0 Å². The van der Waals surface area contributed by atoms with Gasteiger partial charge in [0.25, 0.3) is 0 Å². The van der Waals surface area contributed by atoms with Crippen LogP contribution in [0, 0.1) is 0 Å². The highest BCUT2D eigenvalue weighted by Gasteiger charge is 2.13. The van der Waals surface area contributed by atoms with E-state index in [0.29, 0.717) is 0 Å². The van der Waals surface area contributed by atoms with Crippen molar-refractivity contribution < 1.29 is 0 Å². The minimum absolute atomic E-state index is 1.09. The van der Waals surface area contributed by atoms with E-state index in [4.69, 9.17) is 0 Å². The maximum atomic E-state index is 4.52. The van der Waals surface area contributed by atoms with Gasteiger partial charge in [0.15, 0.2) is 0 Å². The van der Waals surface area contributed by atoms with Crippen LogP contribution in [-0.2, 0) is 0 Å². The number of benzene rings is 1. The normalized spacial score (nSPS) is 18.4. The number of rotatable bonds is 0. The molecule has 0 fully saturated rings. The van der Waals surface area contributed by atoms with Crippen molar-refractivity contribution in [2.24, 2.45) is 4.99 Å². The number of allylic oxidation sites excluding steroid dienone is 4. The van der Waals surface area contributed by atoms with Crippen molar-refractivity contribution >= 4 is 23.7 Å². The zero-order valence-electron chi connectivity index (χ0n) is 8.31. The predicted octanol–water partition coefficient (Wildman–Crippen LogP) is 4.10. The lowest BCUT2D eigenvalue weighted by Crippen LogP contribution is -1.91. The summed E-state index contributed by atoms with van der Waals surface area (Å²) in [6, 6.07) is 8.33. The molecule has 1 aliphatic carbocycles. The minimum atomic E-state index is 1.09. The van der Waals surface area contributed by atoms with Crippen LogP contribution in [0.2, 0.25) is 0 Å². The molecule has 0 bridgehead atoms. The highest BCUT2D eigenvalue weighted by atomic mass is 32.2. The lowest BCUT2D eigenvalue weighted by Gasteiger charge is -2.10. The Bertz CT molecular complexity index is 483. The van der Waals surface area contributed by atoms with E-state index >= 15 is 0 Å². The summed E-state index contributed by atoms with van der Waals surface area (Å²) in [5.41, 5.74) is 2.37. The Morgan fingerprint density at radius 1 is 1.20 bits per heavy atom. The van der Waals surface area contributed by atoms with Gasteiger partial charge in [0.1, 0.15) is 0 Å².